The van der Waals surface area contributed by atoms with E-state index in [-0.39, 0.29) is 12.5 Å². The molecule has 5 heteroatoms. The molecule has 0 fully saturated rings. The summed E-state index contributed by atoms with van der Waals surface area (Å²) in [7, 11) is 0. The molecular weight excluding hydrogens is 333 g/mol. The van der Waals surface area contributed by atoms with Crippen molar-refractivity contribution in [1.82, 2.24) is 0 Å². The Morgan fingerprint density at radius 3 is 2.52 bits per heavy atom. The van der Waals surface area contributed by atoms with E-state index in [4.69, 9.17) is 27.9 Å². The van der Waals surface area contributed by atoms with Gasteiger partial charge in [0.2, 0.25) is 0 Å². The molecule has 2 aromatic carbocycles. The van der Waals surface area contributed by atoms with Crippen molar-refractivity contribution in [1.29, 1.82) is 0 Å². The quantitative estimate of drug-likeness (QED) is 0.778. The van der Waals surface area contributed by atoms with E-state index in [0.717, 1.165) is 16.9 Å². The van der Waals surface area contributed by atoms with Crippen molar-refractivity contribution in [3.63, 3.8) is 0 Å². The second-order valence-electron chi connectivity index (χ2n) is 5.66. The van der Waals surface area contributed by atoms with Crippen molar-refractivity contribution in [2.45, 2.75) is 26.7 Å². The van der Waals surface area contributed by atoms with Crippen molar-refractivity contribution >= 4 is 34.8 Å². The SMILES string of the molecule is Cc1ccc(C(C)C)c(OCC(=O)Nc2ccc(Cl)c(Cl)c2)c1. The van der Waals surface area contributed by atoms with Crippen molar-refractivity contribution in [2.24, 2.45) is 0 Å². The molecule has 0 aliphatic carbocycles. The molecule has 0 spiro atoms. The van der Waals surface area contributed by atoms with E-state index in [0.29, 0.717) is 21.7 Å². The van der Waals surface area contributed by atoms with Crippen LogP contribution in [0, 0.1) is 6.92 Å². The topological polar surface area (TPSA) is 38.3 Å². The number of hydrogen-bond donors (Lipinski definition) is 1. The Balaban J connectivity index is 2.01. The summed E-state index contributed by atoms with van der Waals surface area (Å²) in [6.07, 6.45) is 0. The summed E-state index contributed by atoms with van der Waals surface area (Å²) in [5, 5.41) is 3.58. The highest BCUT2D eigenvalue weighted by atomic mass is 35.5. The van der Waals surface area contributed by atoms with Gasteiger partial charge in [-0.1, -0.05) is 49.2 Å². The van der Waals surface area contributed by atoms with Gasteiger partial charge in [-0.3, -0.25) is 4.79 Å². The summed E-state index contributed by atoms with van der Waals surface area (Å²) in [4.78, 5) is 12.0. The van der Waals surface area contributed by atoms with Crippen molar-refractivity contribution < 1.29 is 9.53 Å². The van der Waals surface area contributed by atoms with Crippen LogP contribution in [0.25, 0.3) is 0 Å². The Kier molecular flexibility index (Phi) is 5.91. The zero-order valence-electron chi connectivity index (χ0n) is 13.3. The minimum absolute atomic E-state index is 0.0661. The van der Waals surface area contributed by atoms with E-state index in [9.17, 15) is 4.79 Å². The summed E-state index contributed by atoms with van der Waals surface area (Å²) >= 11 is 11.8. The van der Waals surface area contributed by atoms with Gasteiger partial charge < -0.3 is 10.1 Å². The lowest BCUT2D eigenvalue weighted by molar-refractivity contribution is -0.118. The maximum absolute atomic E-state index is 12.0. The zero-order valence-corrected chi connectivity index (χ0v) is 14.8. The van der Waals surface area contributed by atoms with E-state index in [2.05, 4.69) is 19.2 Å². The Morgan fingerprint density at radius 1 is 1.13 bits per heavy atom. The predicted molar refractivity (Wildman–Crippen MR) is 95.9 cm³/mol. The number of ether oxygens (including phenoxy) is 1. The summed E-state index contributed by atoms with van der Waals surface area (Å²) in [5.74, 6) is 0.813. The van der Waals surface area contributed by atoms with Gasteiger partial charge in [0.1, 0.15) is 5.75 Å². The Bertz CT molecular complexity index is 714. The van der Waals surface area contributed by atoms with E-state index >= 15 is 0 Å². The number of anilines is 1. The largest absolute Gasteiger partial charge is 0.483 e. The van der Waals surface area contributed by atoms with Crippen LogP contribution in [0.1, 0.15) is 30.9 Å². The number of amides is 1. The molecule has 1 amide bonds. The highest BCUT2D eigenvalue weighted by Gasteiger charge is 2.11. The maximum Gasteiger partial charge on any atom is 0.262 e. The van der Waals surface area contributed by atoms with Gasteiger partial charge in [0.15, 0.2) is 6.61 Å². The Morgan fingerprint density at radius 2 is 1.87 bits per heavy atom. The van der Waals surface area contributed by atoms with Gasteiger partial charge in [-0.05, 0) is 48.2 Å². The molecule has 0 radical (unpaired) electrons. The van der Waals surface area contributed by atoms with Gasteiger partial charge in [0, 0.05) is 5.69 Å². The lowest BCUT2D eigenvalue weighted by Crippen LogP contribution is -2.20. The standard InChI is InChI=1S/C18H19Cl2NO2/c1-11(2)14-6-4-12(3)8-17(14)23-10-18(22)21-13-5-7-15(19)16(20)9-13/h4-9,11H,10H2,1-3H3,(H,21,22). The minimum atomic E-state index is -0.250. The number of rotatable bonds is 5. The smallest absolute Gasteiger partial charge is 0.262 e. The molecule has 2 aromatic rings. The average Bonchev–Trinajstić information content (AvgIpc) is 2.48. The van der Waals surface area contributed by atoms with Crippen LogP contribution in [-0.4, -0.2) is 12.5 Å². The summed E-state index contributed by atoms with van der Waals surface area (Å²) < 4.78 is 5.70. The number of carbonyl (C=O) groups is 1. The number of aryl methyl sites for hydroxylation is 1. The minimum Gasteiger partial charge on any atom is -0.483 e. The molecule has 122 valence electrons. The number of nitrogens with one attached hydrogen (secondary N) is 1. The van der Waals surface area contributed by atoms with Crippen LogP contribution < -0.4 is 10.1 Å². The van der Waals surface area contributed by atoms with Crippen LogP contribution in [0.2, 0.25) is 10.0 Å². The first-order chi connectivity index (χ1) is 10.9. The lowest BCUT2D eigenvalue weighted by atomic mass is 10.0. The highest BCUT2D eigenvalue weighted by Crippen LogP contribution is 2.28. The maximum atomic E-state index is 12.0. The molecule has 0 heterocycles. The van der Waals surface area contributed by atoms with Gasteiger partial charge in [0.25, 0.3) is 5.91 Å². The highest BCUT2D eigenvalue weighted by molar-refractivity contribution is 6.42. The molecule has 3 nitrogen and oxygen atoms in total. The molecule has 0 aliphatic heterocycles. The van der Waals surface area contributed by atoms with Gasteiger partial charge in [-0.2, -0.15) is 0 Å². The molecular formula is C18H19Cl2NO2. The molecule has 0 saturated carbocycles. The van der Waals surface area contributed by atoms with Crippen molar-refractivity contribution in [2.75, 3.05) is 11.9 Å². The fraction of sp³-hybridized carbons (Fsp3) is 0.278. The van der Waals surface area contributed by atoms with Gasteiger partial charge >= 0.3 is 0 Å². The van der Waals surface area contributed by atoms with Crippen LogP contribution >= 0.6 is 23.2 Å². The predicted octanol–water partition coefficient (Wildman–Crippen LogP) is 5.44. The van der Waals surface area contributed by atoms with E-state index in [1.807, 2.05) is 25.1 Å². The van der Waals surface area contributed by atoms with E-state index < -0.39 is 0 Å². The molecule has 23 heavy (non-hydrogen) atoms. The van der Waals surface area contributed by atoms with Crippen LogP contribution in [0.15, 0.2) is 36.4 Å². The van der Waals surface area contributed by atoms with Gasteiger partial charge in [-0.25, -0.2) is 0 Å². The molecule has 1 N–H and O–H groups in total. The van der Waals surface area contributed by atoms with E-state index in [1.165, 1.54) is 0 Å². The first-order valence-corrected chi connectivity index (χ1v) is 8.10. The first-order valence-electron chi connectivity index (χ1n) is 7.35. The Labute approximate surface area is 146 Å². The second kappa shape index (κ2) is 7.71. The third-order valence-corrected chi connectivity index (χ3v) is 4.09. The third kappa shape index (κ3) is 4.88. The summed E-state index contributed by atoms with van der Waals surface area (Å²) in [5.41, 5.74) is 2.76. The zero-order chi connectivity index (χ0) is 17.0. The van der Waals surface area contributed by atoms with Gasteiger partial charge in [0.05, 0.1) is 10.0 Å². The molecule has 0 aliphatic rings. The molecule has 0 saturated heterocycles. The van der Waals surface area contributed by atoms with Crippen molar-refractivity contribution in [3.8, 4) is 5.75 Å². The monoisotopic (exact) mass is 351 g/mol. The molecule has 0 unspecified atom stereocenters. The average molecular weight is 352 g/mol. The summed E-state index contributed by atoms with van der Waals surface area (Å²) in [6.45, 7) is 6.11. The molecule has 0 aromatic heterocycles. The third-order valence-electron chi connectivity index (χ3n) is 3.35. The number of benzene rings is 2. The first kappa shape index (κ1) is 17.6. The second-order valence-corrected chi connectivity index (χ2v) is 6.48. The lowest BCUT2D eigenvalue weighted by Gasteiger charge is -2.15. The van der Waals surface area contributed by atoms with Crippen LogP contribution in [0.4, 0.5) is 5.69 Å². The Hall–Kier alpha value is -1.71. The van der Waals surface area contributed by atoms with E-state index in [1.54, 1.807) is 18.2 Å². The fourth-order valence-corrected chi connectivity index (χ4v) is 2.46. The van der Waals surface area contributed by atoms with Crippen molar-refractivity contribution in [3.05, 3.63) is 57.6 Å². The molecule has 0 bridgehead atoms. The number of halogens is 2. The summed E-state index contributed by atoms with van der Waals surface area (Å²) in [6, 6.07) is 11.0. The van der Waals surface area contributed by atoms with Gasteiger partial charge in [-0.15, -0.1) is 0 Å². The molecule has 0 atom stereocenters. The fourth-order valence-electron chi connectivity index (χ4n) is 2.16. The number of carbonyl (C=O) groups excluding carboxylic acids is 1. The van der Waals surface area contributed by atoms with Crippen LogP contribution in [-0.2, 0) is 4.79 Å². The van der Waals surface area contributed by atoms with Crippen LogP contribution in [0.3, 0.4) is 0 Å². The van der Waals surface area contributed by atoms with Crippen LogP contribution in [0.5, 0.6) is 5.75 Å². The normalized spacial score (nSPS) is 10.7. The molecule has 2 rings (SSSR count). The number of hydrogen-bond acceptors (Lipinski definition) is 2.